The van der Waals surface area contributed by atoms with Crippen molar-refractivity contribution < 1.29 is 13.2 Å². The molecule has 7 heteroatoms. The molecule has 1 unspecified atom stereocenters. The summed E-state index contributed by atoms with van der Waals surface area (Å²) in [5.74, 6) is -0.148. The molecule has 2 rings (SSSR count). The van der Waals surface area contributed by atoms with E-state index in [1.165, 1.54) is 4.31 Å². The Morgan fingerprint density at radius 2 is 1.76 bits per heavy atom. The van der Waals surface area contributed by atoms with Crippen LogP contribution in [-0.4, -0.2) is 55.1 Å². The lowest BCUT2D eigenvalue weighted by atomic mass is 10.2. The summed E-state index contributed by atoms with van der Waals surface area (Å²) in [5.41, 5.74) is 0.769. The van der Waals surface area contributed by atoms with Gasteiger partial charge in [-0.1, -0.05) is 30.3 Å². The van der Waals surface area contributed by atoms with E-state index in [-0.39, 0.29) is 11.7 Å². The Morgan fingerprint density at radius 1 is 1.19 bits per heavy atom. The number of benzene rings is 1. The van der Waals surface area contributed by atoms with Gasteiger partial charge in [0.2, 0.25) is 15.9 Å². The Hall–Kier alpha value is -1.11. The number of hydrogen-bond donors (Lipinski definition) is 0. The quantitative estimate of drug-likeness (QED) is 0.782. The molecule has 1 atom stereocenters. The highest BCUT2D eigenvalue weighted by atomic mass is 35.5. The van der Waals surface area contributed by atoms with Crippen LogP contribution in [0.2, 0.25) is 0 Å². The summed E-state index contributed by atoms with van der Waals surface area (Å²) in [7, 11) is -3.34. The van der Waals surface area contributed by atoms with E-state index in [1.807, 2.05) is 18.2 Å². The molecular weight excluding hydrogens is 312 g/mol. The summed E-state index contributed by atoms with van der Waals surface area (Å²) in [6.07, 6.45) is 0. The molecule has 1 aliphatic heterocycles. The van der Waals surface area contributed by atoms with Gasteiger partial charge in [0, 0.05) is 26.2 Å². The van der Waals surface area contributed by atoms with Gasteiger partial charge in [-0.05, 0) is 12.5 Å². The van der Waals surface area contributed by atoms with E-state index in [2.05, 4.69) is 0 Å². The van der Waals surface area contributed by atoms with Crippen LogP contribution in [0.1, 0.15) is 12.5 Å². The van der Waals surface area contributed by atoms with Crippen LogP contribution in [0.3, 0.4) is 0 Å². The molecule has 1 amide bonds. The fourth-order valence-electron chi connectivity index (χ4n) is 2.31. The lowest BCUT2D eigenvalue weighted by Crippen LogP contribution is -2.52. The van der Waals surface area contributed by atoms with E-state index in [9.17, 15) is 13.2 Å². The average Bonchev–Trinajstić information content (AvgIpc) is 2.47. The number of nitrogens with zero attached hydrogens (tertiary/aromatic N) is 2. The van der Waals surface area contributed by atoms with E-state index in [0.29, 0.717) is 26.2 Å². The standard InChI is InChI=1S/C14H19ClN2O3S/c1-12(15)14(18)16-7-9-17(10-8-16)21(19,20)11-13-5-3-2-4-6-13/h2-6,12H,7-11H2,1H3. The summed E-state index contributed by atoms with van der Waals surface area (Å²) in [6.45, 7) is 3.06. The molecule has 0 radical (unpaired) electrons. The van der Waals surface area contributed by atoms with Crippen molar-refractivity contribution in [2.24, 2.45) is 0 Å². The smallest absolute Gasteiger partial charge is 0.240 e. The third kappa shape index (κ3) is 4.18. The van der Waals surface area contributed by atoms with Gasteiger partial charge in [0.15, 0.2) is 0 Å². The van der Waals surface area contributed by atoms with E-state index in [4.69, 9.17) is 11.6 Å². The molecule has 5 nitrogen and oxygen atoms in total. The van der Waals surface area contributed by atoms with Crippen LogP contribution in [0.25, 0.3) is 0 Å². The summed E-state index contributed by atoms with van der Waals surface area (Å²) < 4.78 is 26.2. The number of carbonyl (C=O) groups is 1. The number of alkyl halides is 1. The largest absolute Gasteiger partial charge is 0.339 e. The topological polar surface area (TPSA) is 57.7 Å². The van der Waals surface area contributed by atoms with Crippen molar-refractivity contribution in [3.05, 3.63) is 35.9 Å². The fourth-order valence-corrected chi connectivity index (χ4v) is 3.97. The second-order valence-corrected chi connectivity index (χ2v) is 7.71. The first-order chi connectivity index (χ1) is 9.90. The molecule has 0 saturated carbocycles. The third-order valence-electron chi connectivity index (χ3n) is 3.48. The second kappa shape index (κ2) is 6.77. The number of amides is 1. The highest BCUT2D eigenvalue weighted by Gasteiger charge is 2.29. The number of piperazine rings is 1. The van der Waals surface area contributed by atoms with E-state index in [1.54, 1.807) is 24.0 Å². The molecule has 1 heterocycles. The van der Waals surface area contributed by atoms with Gasteiger partial charge in [0.25, 0.3) is 0 Å². The molecule has 116 valence electrons. The lowest BCUT2D eigenvalue weighted by Gasteiger charge is -2.34. The zero-order valence-electron chi connectivity index (χ0n) is 11.9. The molecule has 0 bridgehead atoms. The Balaban J connectivity index is 1.96. The first-order valence-corrected chi connectivity index (χ1v) is 8.89. The fraction of sp³-hybridized carbons (Fsp3) is 0.500. The molecule has 1 saturated heterocycles. The predicted molar refractivity (Wildman–Crippen MR) is 82.5 cm³/mol. The van der Waals surface area contributed by atoms with Crippen LogP contribution < -0.4 is 0 Å². The molecule has 0 aromatic heterocycles. The van der Waals surface area contributed by atoms with Crippen LogP contribution >= 0.6 is 11.6 Å². The second-order valence-electron chi connectivity index (χ2n) is 5.08. The van der Waals surface area contributed by atoms with Crippen molar-refractivity contribution in [1.82, 2.24) is 9.21 Å². The lowest BCUT2D eigenvalue weighted by molar-refractivity contribution is -0.131. The van der Waals surface area contributed by atoms with Crippen molar-refractivity contribution >= 4 is 27.5 Å². The van der Waals surface area contributed by atoms with Crippen molar-refractivity contribution in [2.75, 3.05) is 26.2 Å². The normalized spacial score (nSPS) is 18.5. The van der Waals surface area contributed by atoms with Gasteiger partial charge in [-0.25, -0.2) is 8.42 Å². The molecule has 1 aliphatic rings. The predicted octanol–water partition coefficient (Wildman–Crippen LogP) is 1.29. The van der Waals surface area contributed by atoms with Crippen LogP contribution in [-0.2, 0) is 20.6 Å². The first-order valence-electron chi connectivity index (χ1n) is 6.85. The van der Waals surface area contributed by atoms with E-state index < -0.39 is 15.4 Å². The molecule has 21 heavy (non-hydrogen) atoms. The van der Waals surface area contributed by atoms with Gasteiger partial charge >= 0.3 is 0 Å². The molecule has 1 aromatic rings. The highest BCUT2D eigenvalue weighted by Crippen LogP contribution is 2.14. The van der Waals surface area contributed by atoms with Crippen LogP contribution in [0.15, 0.2) is 30.3 Å². The Kier molecular flexibility index (Phi) is 5.24. The van der Waals surface area contributed by atoms with Gasteiger partial charge in [0.1, 0.15) is 5.38 Å². The maximum atomic E-state index is 12.4. The van der Waals surface area contributed by atoms with E-state index >= 15 is 0 Å². The van der Waals surface area contributed by atoms with Gasteiger partial charge in [-0.2, -0.15) is 4.31 Å². The van der Waals surface area contributed by atoms with Gasteiger partial charge in [0.05, 0.1) is 5.75 Å². The van der Waals surface area contributed by atoms with Crippen molar-refractivity contribution in [1.29, 1.82) is 0 Å². The van der Waals surface area contributed by atoms with Crippen molar-refractivity contribution in [3.63, 3.8) is 0 Å². The molecule has 1 aromatic carbocycles. The average molecular weight is 331 g/mol. The van der Waals surface area contributed by atoms with Crippen LogP contribution in [0.4, 0.5) is 0 Å². The summed E-state index contributed by atoms with van der Waals surface area (Å²) in [5, 5.41) is -0.572. The minimum absolute atomic E-state index is 0.00625. The minimum atomic E-state index is -3.34. The number of sulfonamides is 1. The summed E-state index contributed by atoms with van der Waals surface area (Å²) in [6, 6.07) is 9.10. The maximum Gasteiger partial charge on any atom is 0.240 e. The van der Waals surface area contributed by atoms with Crippen LogP contribution in [0.5, 0.6) is 0 Å². The SMILES string of the molecule is CC(Cl)C(=O)N1CCN(S(=O)(=O)Cc2ccccc2)CC1. The first kappa shape index (κ1) is 16.3. The molecule has 0 aliphatic carbocycles. The zero-order valence-corrected chi connectivity index (χ0v) is 13.5. The van der Waals surface area contributed by atoms with Crippen LogP contribution in [0, 0.1) is 0 Å². The van der Waals surface area contributed by atoms with Crippen molar-refractivity contribution in [3.8, 4) is 0 Å². The molecule has 0 N–H and O–H groups in total. The third-order valence-corrected chi connectivity index (χ3v) is 5.51. The molecule has 0 spiro atoms. The summed E-state index contributed by atoms with van der Waals surface area (Å²) >= 11 is 5.77. The number of rotatable bonds is 4. The Labute approximate surface area is 130 Å². The van der Waals surface area contributed by atoms with Crippen molar-refractivity contribution in [2.45, 2.75) is 18.1 Å². The highest BCUT2D eigenvalue weighted by molar-refractivity contribution is 7.88. The summed E-state index contributed by atoms with van der Waals surface area (Å²) in [4.78, 5) is 13.4. The number of carbonyl (C=O) groups excluding carboxylic acids is 1. The minimum Gasteiger partial charge on any atom is -0.339 e. The maximum absolute atomic E-state index is 12.4. The number of hydrogen-bond acceptors (Lipinski definition) is 3. The molecule has 1 fully saturated rings. The number of halogens is 1. The molecular formula is C14H19ClN2O3S. The van der Waals surface area contributed by atoms with Gasteiger partial charge < -0.3 is 4.90 Å². The Bertz CT molecular complexity index is 581. The Morgan fingerprint density at radius 3 is 2.29 bits per heavy atom. The monoisotopic (exact) mass is 330 g/mol. The zero-order chi connectivity index (χ0) is 15.5. The van der Waals surface area contributed by atoms with E-state index in [0.717, 1.165) is 5.56 Å². The van der Waals surface area contributed by atoms with Gasteiger partial charge in [-0.15, -0.1) is 11.6 Å². The van der Waals surface area contributed by atoms with Gasteiger partial charge in [-0.3, -0.25) is 4.79 Å².